The summed E-state index contributed by atoms with van der Waals surface area (Å²) in [6, 6.07) is 16.3. The fourth-order valence-corrected chi connectivity index (χ4v) is 4.20. The zero-order valence-corrected chi connectivity index (χ0v) is 18.0. The standard InChI is InChI=1S/C27H27F3O/c1-3-5-6-8-18-9-11-19(12-10-18)21-14-15-22-23-16-13-20(7-4-2)25(28)26(23)31-27(29,30)24(22)17-21/h9-17H,3-8H2,1-2H3. The molecule has 0 saturated heterocycles. The van der Waals surface area contributed by atoms with Crippen molar-refractivity contribution in [3.8, 4) is 28.0 Å². The summed E-state index contributed by atoms with van der Waals surface area (Å²) in [5, 5.41) is 0. The van der Waals surface area contributed by atoms with Gasteiger partial charge in [0.05, 0.1) is 5.56 Å². The molecule has 0 aromatic heterocycles. The molecule has 0 radical (unpaired) electrons. The fourth-order valence-electron chi connectivity index (χ4n) is 4.20. The summed E-state index contributed by atoms with van der Waals surface area (Å²) in [6.07, 6.45) is 2.16. The van der Waals surface area contributed by atoms with Crippen LogP contribution in [0.5, 0.6) is 5.75 Å². The van der Waals surface area contributed by atoms with E-state index >= 15 is 0 Å². The Hall–Kier alpha value is -2.75. The third-order valence-electron chi connectivity index (χ3n) is 5.91. The zero-order chi connectivity index (χ0) is 22.0. The third kappa shape index (κ3) is 4.21. The van der Waals surface area contributed by atoms with Crippen molar-refractivity contribution >= 4 is 0 Å². The van der Waals surface area contributed by atoms with E-state index < -0.39 is 11.9 Å². The second kappa shape index (κ2) is 8.78. The van der Waals surface area contributed by atoms with Crippen LogP contribution in [0.4, 0.5) is 13.2 Å². The highest BCUT2D eigenvalue weighted by Crippen LogP contribution is 2.49. The van der Waals surface area contributed by atoms with Crippen molar-refractivity contribution in [2.24, 2.45) is 0 Å². The largest absolute Gasteiger partial charge is 0.427 e. The minimum atomic E-state index is -3.59. The number of aryl methyl sites for hydroxylation is 2. The number of unbranched alkanes of at least 4 members (excludes halogenated alkanes) is 2. The smallest absolute Gasteiger partial charge is 0.425 e. The van der Waals surface area contributed by atoms with Crippen LogP contribution in [-0.2, 0) is 19.0 Å². The maximum Gasteiger partial charge on any atom is 0.427 e. The minimum Gasteiger partial charge on any atom is -0.425 e. The molecule has 0 amide bonds. The van der Waals surface area contributed by atoms with E-state index in [1.165, 1.54) is 24.5 Å². The number of ether oxygens (including phenoxy) is 1. The van der Waals surface area contributed by atoms with E-state index in [4.69, 9.17) is 4.74 Å². The molecule has 0 atom stereocenters. The first kappa shape index (κ1) is 21.5. The number of rotatable bonds is 7. The molecule has 31 heavy (non-hydrogen) atoms. The van der Waals surface area contributed by atoms with Crippen LogP contribution in [0.2, 0.25) is 0 Å². The molecule has 3 aromatic carbocycles. The molecule has 0 aliphatic carbocycles. The minimum absolute atomic E-state index is 0.229. The van der Waals surface area contributed by atoms with Gasteiger partial charge in [0.15, 0.2) is 11.6 Å². The van der Waals surface area contributed by atoms with Crippen LogP contribution in [0, 0.1) is 5.82 Å². The Kier molecular flexibility index (Phi) is 6.08. The molecule has 3 aromatic rings. The van der Waals surface area contributed by atoms with E-state index in [-0.39, 0.29) is 11.3 Å². The van der Waals surface area contributed by atoms with Crippen LogP contribution in [0.25, 0.3) is 22.3 Å². The summed E-state index contributed by atoms with van der Waals surface area (Å²) in [6.45, 7) is 4.10. The quantitative estimate of drug-likeness (QED) is 0.347. The number of alkyl halides is 2. The van der Waals surface area contributed by atoms with Gasteiger partial charge in [0.1, 0.15) is 0 Å². The highest BCUT2D eigenvalue weighted by Gasteiger charge is 2.43. The maximum atomic E-state index is 14.9. The van der Waals surface area contributed by atoms with Gasteiger partial charge in [0, 0.05) is 5.56 Å². The number of benzene rings is 3. The van der Waals surface area contributed by atoms with Gasteiger partial charge in [-0.2, -0.15) is 8.78 Å². The molecule has 1 aliphatic rings. The second-order valence-corrected chi connectivity index (χ2v) is 8.20. The molecule has 0 bridgehead atoms. The Morgan fingerprint density at radius 1 is 0.774 bits per heavy atom. The van der Waals surface area contributed by atoms with Crippen LogP contribution < -0.4 is 4.74 Å². The Labute approximate surface area is 181 Å². The molecule has 1 aliphatic heterocycles. The predicted molar refractivity (Wildman–Crippen MR) is 119 cm³/mol. The van der Waals surface area contributed by atoms with Crippen LogP contribution >= 0.6 is 0 Å². The Morgan fingerprint density at radius 2 is 1.48 bits per heavy atom. The number of hydrogen-bond donors (Lipinski definition) is 0. The lowest BCUT2D eigenvalue weighted by molar-refractivity contribution is -0.188. The third-order valence-corrected chi connectivity index (χ3v) is 5.91. The summed E-state index contributed by atoms with van der Waals surface area (Å²) in [4.78, 5) is 0. The normalized spacial score (nSPS) is 14.0. The predicted octanol–water partition coefficient (Wildman–Crippen LogP) is 8.29. The van der Waals surface area contributed by atoms with Crippen molar-refractivity contribution in [2.45, 2.75) is 58.5 Å². The lowest BCUT2D eigenvalue weighted by Crippen LogP contribution is -2.27. The summed E-state index contributed by atoms with van der Waals surface area (Å²) in [5.41, 5.74) is 3.66. The average molecular weight is 425 g/mol. The van der Waals surface area contributed by atoms with E-state index in [0.29, 0.717) is 28.7 Å². The topological polar surface area (TPSA) is 9.23 Å². The Balaban J connectivity index is 1.69. The second-order valence-electron chi connectivity index (χ2n) is 8.20. The van der Waals surface area contributed by atoms with Gasteiger partial charge >= 0.3 is 6.11 Å². The van der Waals surface area contributed by atoms with Crippen molar-refractivity contribution in [1.29, 1.82) is 0 Å². The van der Waals surface area contributed by atoms with Crippen molar-refractivity contribution in [3.05, 3.63) is 77.1 Å². The van der Waals surface area contributed by atoms with E-state index in [9.17, 15) is 13.2 Å². The molecule has 0 N–H and O–H groups in total. The summed E-state index contributed by atoms with van der Waals surface area (Å²) in [7, 11) is 0. The lowest BCUT2D eigenvalue weighted by Gasteiger charge is -2.29. The first-order valence-corrected chi connectivity index (χ1v) is 11.1. The van der Waals surface area contributed by atoms with Crippen molar-refractivity contribution in [3.63, 3.8) is 0 Å². The van der Waals surface area contributed by atoms with Crippen molar-refractivity contribution in [1.82, 2.24) is 0 Å². The van der Waals surface area contributed by atoms with E-state index in [0.717, 1.165) is 24.8 Å². The summed E-state index contributed by atoms with van der Waals surface area (Å²) in [5.74, 6) is -1.04. The first-order chi connectivity index (χ1) is 14.9. The Bertz CT molecular complexity index is 1070. The van der Waals surface area contributed by atoms with Gasteiger partial charge in [0.2, 0.25) is 0 Å². The molecule has 1 heterocycles. The monoisotopic (exact) mass is 424 g/mol. The molecule has 0 saturated carbocycles. The average Bonchev–Trinajstić information content (AvgIpc) is 2.77. The molecular formula is C27H27F3O. The van der Waals surface area contributed by atoms with Crippen molar-refractivity contribution < 1.29 is 17.9 Å². The summed E-state index contributed by atoms with van der Waals surface area (Å²) >= 11 is 0. The van der Waals surface area contributed by atoms with Crippen molar-refractivity contribution in [2.75, 3.05) is 0 Å². The van der Waals surface area contributed by atoms with Gasteiger partial charge in [-0.3, -0.25) is 0 Å². The lowest BCUT2D eigenvalue weighted by atomic mass is 9.90. The van der Waals surface area contributed by atoms with E-state index in [1.54, 1.807) is 18.2 Å². The van der Waals surface area contributed by atoms with Crippen LogP contribution in [0.15, 0.2) is 54.6 Å². The van der Waals surface area contributed by atoms with Gasteiger partial charge in [0.25, 0.3) is 0 Å². The van der Waals surface area contributed by atoms with E-state index in [2.05, 4.69) is 19.1 Å². The SMILES string of the molecule is CCCCCc1ccc(-c2ccc3c(c2)C(F)(F)Oc2c-3ccc(CCC)c2F)cc1. The Morgan fingerprint density at radius 3 is 2.19 bits per heavy atom. The zero-order valence-electron chi connectivity index (χ0n) is 18.0. The molecule has 0 fully saturated rings. The molecule has 1 nitrogen and oxygen atoms in total. The van der Waals surface area contributed by atoms with Crippen LogP contribution in [0.1, 0.15) is 56.2 Å². The number of hydrogen-bond acceptors (Lipinski definition) is 1. The summed E-state index contributed by atoms with van der Waals surface area (Å²) < 4.78 is 49.6. The molecule has 4 rings (SSSR count). The van der Waals surface area contributed by atoms with Crippen LogP contribution in [0.3, 0.4) is 0 Å². The van der Waals surface area contributed by atoms with Gasteiger partial charge in [-0.05, 0) is 53.1 Å². The molecule has 0 spiro atoms. The molecular weight excluding hydrogens is 397 g/mol. The molecule has 0 unspecified atom stereocenters. The first-order valence-electron chi connectivity index (χ1n) is 11.1. The van der Waals surface area contributed by atoms with Gasteiger partial charge in [-0.25, -0.2) is 4.39 Å². The van der Waals surface area contributed by atoms with Gasteiger partial charge in [-0.15, -0.1) is 0 Å². The maximum absolute atomic E-state index is 14.9. The van der Waals surface area contributed by atoms with Gasteiger partial charge in [-0.1, -0.05) is 81.6 Å². The van der Waals surface area contributed by atoms with Crippen LogP contribution in [-0.4, -0.2) is 0 Å². The van der Waals surface area contributed by atoms with Gasteiger partial charge < -0.3 is 4.74 Å². The fraction of sp³-hybridized carbons (Fsp3) is 0.333. The number of fused-ring (bicyclic) bond motifs is 3. The highest BCUT2D eigenvalue weighted by atomic mass is 19.3. The number of halogens is 3. The molecule has 4 heteroatoms. The molecule has 162 valence electrons. The van der Waals surface area contributed by atoms with E-state index in [1.807, 2.05) is 25.1 Å². The highest BCUT2D eigenvalue weighted by molar-refractivity contribution is 5.80.